The summed E-state index contributed by atoms with van der Waals surface area (Å²) in [4.78, 5) is 5.15. The van der Waals surface area contributed by atoms with Crippen molar-refractivity contribution in [1.82, 2.24) is 15.1 Å². The molecule has 0 radical (unpaired) electrons. The fourth-order valence-electron chi connectivity index (χ4n) is 3.61. The molecule has 2 aliphatic rings. The fourth-order valence-corrected chi connectivity index (χ4v) is 3.61. The maximum Gasteiger partial charge on any atom is 0.0449 e. The quantitative estimate of drug-likeness (QED) is 0.908. The molecule has 1 aromatic carbocycles. The molecule has 2 heterocycles. The second-order valence-corrected chi connectivity index (χ2v) is 6.45. The zero-order chi connectivity index (χ0) is 13.8. The van der Waals surface area contributed by atoms with E-state index in [-0.39, 0.29) is 0 Å². The zero-order valence-electron chi connectivity index (χ0n) is 12.6. The first kappa shape index (κ1) is 14.1. The third kappa shape index (κ3) is 3.60. The summed E-state index contributed by atoms with van der Waals surface area (Å²) >= 11 is 0. The van der Waals surface area contributed by atoms with Crippen molar-refractivity contribution in [2.24, 2.45) is 5.92 Å². The first-order valence-corrected chi connectivity index (χ1v) is 8.00. The Hall–Kier alpha value is -0.900. The lowest BCUT2D eigenvalue weighted by Crippen LogP contribution is -2.35. The Kier molecular flexibility index (Phi) is 4.71. The number of hydrogen-bond acceptors (Lipinski definition) is 3. The topological polar surface area (TPSA) is 18.5 Å². The molecule has 3 nitrogen and oxygen atoms in total. The van der Waals surface area contributed by atoms with Crippen molar-refractivity contribution >= 4 is 0 Å². The van der Waals surface area contributed by atoms with Gasteiger partial charge >= 0.3 is 0 Å². The van der Waals surface area contributed by atoms with E-state index in [1.165, 1.54) is 44.6 Å². The van der Waals surface area contributed by atoms with Crippen LogP contribution in [0.5, 0.6) is 0 Å². The smallest absolute Gasteiger partial charge is 0.0449 e. The summed E-state index contributed by atoms with van der Waals surface area (Å²) < 4.78 is 0. The summed E-state index contributed by atoms with van der Waals surface area (Å²) in [5.74, 6) is 0.870. The van der Waals surface area contributed by atoms with Crippen molar-refractivity contribution in [2.45, 2.75) is 18.9 Å². The molecule has 1 aromatic rings. The number of likely N-dealkylation sites (tertiary alicyclic amines) is 1. The highest BCUT2D eigenvalue weighted by atomic mass is 15.2. The Morgan fingerprint density at radius 1 is 1.15 bits per heavy atom. The maximum absolute atomic E-state index is 3.71. The Morgan fingerprint density at radius 2 is 2.00 bits per heavy atom. The predicted molar refractivity (Wildman–Crippen MR) is 83.8 cm³/mol. The summed E-state index contributed by atoms with van der Waals surface area (Å²) in [5, 5.41) is 3.71. The number of nitrogens with zero attached hydrogens (tertiary/aromatic N) is 2. The van der Waals surface area contributed by atoms with Crippen LogP contribution in [0.1, 0.15) is 24.4 Å². The standard InChI is InChI=1S/C17H27N3/c1-19-11-8-15(12-19)13-20-10-5-9-18-17(14-20)16-6-3-2-4-7-16/h2-4,6-7,15,17-18H,5,8-14H2,1H3. The normalized spacial score (nSPS) is 29.4. The Morgan fingerprint density at radius 3 is 2.75 bits per heavy atom. The molecule has 0 amide bonds. The van der Waals surface area contributed by atoms with Gasteiger partial charge in [0.25, 0.3) is 0 Å². The van der Waals surface area contributed by atoms with Crippen LogP contribution in [0.15, 0.2) is 30.3 Å². The van der Waals surface area contributed by atoms with Crippen molar-refractivity contribution in [3.63, 3.8) is 0 Å². The molecule has 0 bridgehead atoms. The lowest BCUT2D eigenvalue weighted by atomic mass is 10.1. The Balaban J connectivity index is 1.60. The second-order valence-electron chi connectivity index (χ2n) is 6.45. The predicted octanol–water partition coefficient (Wildman–Crippen LogP) is 1.97. The highest BCUT2D eigenvalue weighted by molar-refractivity contribution is 5.19. The number of benzene rings is 1. The molecule has 2 atom stereocenters. The third-order valence-electron chi connectivity index (χ3n) is 4.69. The van der Waals surface area contributed by atoms with E-state index in [0.717, 1.165) is 19.0 Å². The molecule has 0 spiro atoms. The van der Waals surface area contributed by atoms with Crippen molar-refractivity contribution in [2.75, 3.05) is 46.3 Å². The van der Waals surface area contributed by atoms with E-state index in [0.29, 0.717) is 6.04 Å². The van der Waals surface area contributed by atoms with Crippen LogP contribution in [0, 0.1) is 5.92 Å². The maximum atomic E-state index is 3.71. The van der Waals surface area contributed by atoms with E-state index in [1.807, 2.05) is 0 Å². The van der Waals surface area contributed by atoms with Crippen molar-refractivity contribution in [3.05, 3.63) is 35.9 Å². The molecule has 3 rings (SSSR count). The molecule has 20 heavy (non-hydrogen) atoms. The van der Waals surface area contributed by atoms with Gasteiger partial charge in [0.1, 0.15) is 0 Å². The molecule has 2 saturated heterocycles. The molecule has 0 saturated carbocycles. The fraction of sp³-hybridized carbons (Fsp3) is 0.647. The van der Waals surface area contributed by atoms with Gasteiger partial charge in [0.15, 0.2) is 0 Å². The first-order chi connectivity index (χ1) is 9.81. The van der Waals surface area contributed by atoms with Crippen LogP contribution in [0.2, 0.25) is 0 Å². The molecular weight excluding hydrogens is 246 g/mol. The largest absolute Gasteiger partial charge is 0.309 e. The number of hydrogen-bond donors (Lipinski definition) is 1. The van der Waals surface area contributed by atoms with Crippen LogP contribution in [-0.4, -0.2) is 56.1 Å². The van der Waals surface area contributed by atoms with Gasteiger partial charge in [0, 0.05) is 25.7 Å². The highest BCUT2D eigenvalue weighted by Crippen LogP contribution is 2.20. The zero-order valence-corrected chi connectivity index (χ0v) is 12.6. The van der Waals surface area contributed by atoms with Gasteiger partial charge in [-0.25, -0.2) is 0 Å². The lowest BCUT2D eigenvalue weighted by Gasteiger charge is -2.27. The van der Waals surface area contributed by atoms with E-state index >= 15 is 0 Å². The third-order valence-corrected chi connectivity index (χ3v) is 4.69. The van der Waals surface area contributed by atoms with Crippen LogP contribution in [0.3, 0.4) is 0 Å². The lowest BCUT2D eigenvalue weighted by molar-refractivity contribution is 0.227. The first-order valence-electron chi connectivity index (χ1n) is 8.00. The van der Waals surface area contributed by atoms with Gasteiger partial charge in [0.05, 0.1) is 0 Å². The van der Waals surface area contributed by atoms with Crippen LogP contribution >= 0.6 is 0 Å². The minimum atomic E-state index is 0.498. The van der Waals surface area contributed by atoms with Gasteiger partial charge < -0.3 is 15.1 Å². The van der Waals surface area contributed by atoms with Gasteiger partial charge in [-0.05, 0) is 51.0 Å². The molecular formula is C17H27N3. The van der Waals surface area contributed by atoms with Gasteiger partial charge in [-0.15, -0.1) is 0 Å². The van der Waals surface area contributed by atoms with Crippen molar-refractivity contribution in [3.8, 4) is 0 Å². The van der Waals surface area contributed by atoms with Gasteiger partial charge in [-0.1, -0.05) is 30.3 Å². The molecule has 2 fully saturated rings. The monoisotopic (exact) mass is 273 g/mol. The summed E-state index contributed by atoms with van der Waals surface area (Å²) in [6.07, 6.45) is 2.64. The van der Waals surface area contributed by atoms with Crippen LogP contribution in [0.4, 0.5) is 0 Å². The number of rotatable bonds is 3. The van der Waals surface area contributed by atoms with E-state index in [4.69, 9.17) is 0 Å². The minimum Gasteiger partial charge on any atom is -0.309 e. The van der Waals surface area contributed by atoms with Crippen LogP contribution in [0.25, 0.3) is 0 Å². The van der Waals surface area contributed by atoms with Crippen molar-refractivity contribution < 1.29 is 0 Å². The SMILES string of the molecule is CN1CCC(CN2CCCNC(c3ccccc3)C2)C1. The Bertz CT molecular complexity index is 406. The van der Waals surface area contributed by atoms with Gasteiger partial charge in [-0.3, -0.25) is 0 Å². The Labute approximate surface area is 123 Å². The van der Waals surface area contributed by atoms with E-state index in [1.54, 1.807) is 0 Å². The van der Waals surface area contributed by atoms with Crippen molar-refractivity contribution in [1.29, 1.82) is 0 Å². The molecule has 0 aliphatic carbocycles. The van der Waals surface area contributed by atoms with E-state index in [2.05, 4.69) is 52.5 Å². The molecule has 0 aromatic heterocycles. The summed E-state index contributed by atoms with van der Waals surface area (Å²) in [5.41, 5.74) is 1.43. The average molecular weight is 273 g/mol. The summed E-state index contributed by atoms with van der Waals surface area (Å²) in [6.45, 7) is 7.37. The molecule has 3 heteroatoms. The average Bonchev–Trinajstić information content (AvgIpc) is 2.74. The second kappa shape index (κ2) is 6.70. The number of nitrogens with one attached hydrogen (secondary N) is 1. The van der Waals surface area contributed by atoms with Crippen LogP contribution < -0.4 is 5.32 Å². The molecule has 2 aliphatic heterocycles. The molecule has 2 unspecified atom stereocenters. The van der Waals surface area contributed by atoms with E-state index in [9.17, 15) is 0 Å². The van der Waals surface area contributed by atoms with Gasteiger partial charge in [0.2, 0.25) is 0 Å². The minimum absolute atomic E-state index is 0.498. The van der Waals surface area contributed by atoms with E-state index < -0.39 is 0 Å². The van der Waals surface area contributed by atoms with Gasteiger partial charge in [-0.2, -0.15) is 0 Å². The summed E-state index contributed by atoms with van der Waals surface area (Å²) in [6, 6.07) is 11.4. The molecule has 1 N–H and O–H groups in total. The summed E-state index contributed by atoms with van der Waals surface area (Å²) in [7, 11) is 2.25. The van der Waals surface area contributed by atoms with Crippen LogP contribution in [-0.2, 0) is 0 Å². The highest BCUT2D eigenvalue weighted by Gasteiger charge is 2.25. The molecule has 110 valence electrons.